The van der Waals surface area contributed by atoms with Crippen molar-refractivity contribution in [1.82, 2.24) is 20.0 Å². The normalized spacial score (nSPS) is 15.3. The lowest BCUT2D eigenvalue weighted by Crippen LogP contribution is -2.34. The van der Waals surface area contributed by atoms with E-state index < -0.39 is 23.8 Å². The third-order valence-electron chi connectivity index (χ3n) is 6.19. The van der Waals surface area contributed by atoms with Crippen molar-refractivity contribution >= 4 is 22.8 Å². The summed E-state index contributed by atoms with van der Waals surface area (Å²) in [6, 6.07) is 8.21. The number of rotatable bonds is 9. The summed E-state index contributed by atoms with van der Waals surface area (Å²) in [6.45, 7) is 3.84. The summed E-state index contributed by atoms with van der Waals surface area (Å²) in [5, 5.41) is 9.68. The second-order valence-corrected chi connectivity index (χ2v) is 8.21. The van der Waals surface area contributed by atoms with Crippen molar-refractivity contribution in [3.8, 4) is 0 Å². The van der Waals surface area contributed by atoms with Crippen LogP contribution >= 0.6 is 0 Å². The Bertz CT molecular complexity index is 1050. The molecule has 2 heterocycles. The maximum atomic E-state index is 13.0. The topological polar surface area (TPSA) is 99.1 Å². The number of aromatic nitrogens is 4. The molecule has 8 nitrogen and oxygen atoms in total. The van der Waals surface area contributed by atoms with Gasteiger partial charge in [-0.1, -0.05) is 36.3 Å². The predicted octanol–water partition coefficient (Wildman–Crippen LogP) is 3.94. The monoisotopic (exact) mass is 438 g/mol. The molecule has 1 fully saturated rings. The van der Waals surface area contributed by atoms with Crippen LogP contribution in [0.3, 0.4) is 0 Å². The lowest BCUT2D eigenvalue weighted by atomic mass is 9.82. The SMILES string of the molecule is CCOC(=O)C(C(=O)OCC)C(Cc1cn(C2CCCC2)nn1)c1c[nH]c2ccccc12. The minimum absolute atomic E-state index is 0.188. The first kappa shape index (κ1) is 22.0. The van der Waals surface area contributed by atoms with Gasteiger partial charge in [-0.3, -0.25) is 9.59 Å². The van der Waals surface area contributed by atoms with E-state index in [2.05, 4.69) is 15.3 Å². The van der Waals surface area contributed by atoms with E-state index in [9.17, 15) is 9.59 Å². The molecule has 1 saturated carbocycles. The largest absolute Gasteiger partial charge is 0.465 e. The fraction of sp³-hybridized carbons (Fsp3) is 0.500. The van der Waals surface area contributed by atoms with Crippen molar-refractivity contribution in [2.45, 2.75) is 57.9 Å². The summed E-state index contributed by atoms with van der Waals surface area (Å²) in [7, 11) is 0. The summed E-state index contributed by atoms with van der Waals surface area (Å²) in [5.41, 5.74) is 2.54. The molecular weight excluding hydrogens is 408 g/mol. The standard InChI is InChI=1S/C24H30N4O4/c1-3-31-23(29)22(24(30)32-4-2)19(20-14-25-21-12-8-7-11-18(20)21)13-16-15-28(27-26-16)17-9-5-6-10-17/h7-8,11-12,14-15,17,19,22,25H,3-6,9-10,13H2,1-2H3. The first-order valence-electron chi connectivity index (χ1n) is 11.4. The van der Waals surface area contributed by atoms with Crippen LogP contribution in [0.2, 0.25) is 0 Å². The maximum Gasteiger partial charge on any atom is 0.320 e. The highest BCUT2D eigenvalue weighted by Crippen LogP contribution is 2.36. The third-order valence-corrected chi connectivity index (χ3v) is 6.19. The number of carbonyl (C=O) groups is 2. The number of nitrogens with one attached hydrogen (secondary N) is 1. The minimum atomic E-state index is -1.09. The zero-order valence-electron chi connectivity index (χ0n) is 18.6. The first-order valence-corrected chi connectivity index (χ1v) is 11.4. The van der Waals surface area contributed by atoms with Crippen molar-refractivity contribution in [3.05, 3.63) is 47.9 Å². The molecule has 3 aromatic rings. The van der Waals surface area contributed by atoms with Crippen LogP contribution in [0.25, 0.3) is 10.9 Å². The highest BCUT2D eigenvalue weighted by molar-refractivity contribution is 5.97. The molecule has 1 aromatic carbocycles. The molecule has 1 aliphatic rings. The van der Waals surface area contributed by atoms with Crippen molar-refractivity contribution in [3.63, 3.8) is 0 Å². The van der Waals surface area contributed by atoms with Gasteiger partial charge in [0, 0.05) is 35.6 Å². The molecule has 0 radical (unpaired) electrons. The number of benzene rings is 1. The Kier molecular flexibility index (Phi) is 6.87. The minimum Gasteiger partial charge on any atom is -0.465 e. The van der Waals surface area contributed by atoms with Gasteiger partial charge in [0.15, 0.2) is 5.92 Å². The summed E-state index contributed by atoms with van der Waals surface area (Å²) in [5.74, 6) is -2.75. The fourth-order valence-corrected chi connectivity index (χ4v) is 4.68. The second kappa shape index (κ2) is 9.97. The quantitative estimate of drug-likeness (QED) is 0.401. The van der Waals surface area contributed by atoms with E-state index in [1.54, 1.807) is 13.8 Å². The lowest BCUT2D eigenvalue weighted by Gasteiger charge is -2.23. The van der Waals surface area contributed by atoms with Gasteiger partial charge in [-0.2, -0.15) is 0 Å². The Labute approximate surface area is 187 Å². The highest BCUT2D eigenvalue weighted by atomic mass is 16.6. The van der Waals surface area contributed by atoms with Crippen LogP contribution in [0, 0.1) is 5.92 Å². The van der Waals surface area contributed by atoms with Crippen molar-refractivity contribution in [2.24, 2.45) is 5.92 Å². The van der Waals surface area contributed by atoms with Gasteiger partial charge >= 0.3 is 11.9 Å². The number of hydrogen-bond donors (Lipinski definition) is 1. The Hall–Kier alpha value is -3.16. The van der Waals surface area contributed by atoms with Gasteiger partial charge in [-0.05, 0) is 38.3 Å². The molecule has 170 valence electrons. The summed E-state index contributed by atoms with van der Waals surface area (Å²) >= 11 is 0. The molecule has 2 aromatic heterocycles. The van der Waals surface area contributed by atoms with Crippen LogP contribution in [0.4, 0.5) is 0 Å². The van der Waals surface area contributed by atoms with E-state index in [0.29, 0.717) is 12.5 Å². The number of carbonyl (C=O) groups excluding carboxylic acids is 2. The summed E-state index contributed by atoms with van der Waals surface area (Å²) < 4.78 is 12.5. The Morgan fingerprint density at radius 2 is 1.81 bits per heavy atom. The van der Waals surface area contributed by atoms with Crippen LogP contribution in [-0.2, 0) is 25.5 Å². The number of esters is 2. The summed E-state index contributed by atoms with van der Waals surface area (Å²) in [6.07, 6.45) is 8.79. The molecule has 1 unspecified atom stereocenters. The average Bonchev–Trinajstić information content (AvgIpc) is 3.54. The second-order valence-electron chi connectivity index (χ2n) is 8.21. The van der Waals surface area contributed by atoms with Gasteiger partial charge in [0.25, 0.3) is 0 Å². The van der Waals surface area contributed by atoms with Gasteiger partial charge < -0.3 is 14.5 Å². The van der Waals surface area contributed by atoms with Gasteiger partial charge in [0.1, 0.15) is 0 Å². The smallest absolute Gasteiger partial charge is 0.320 e. The molecule has 0 saturated heterocycles. The van der Waals surface area contributed by atoms with E-state index in [1.807, 2.05) is 41.3 Å². The fourth-order valence-electron chi connectivity index (χ4n) is 4.68. The molecular formula is C24H30N4O4. The molecule has 0 amide bonds. The Balaban J connectivity index is 1.73. The highest BCUT2D eigenvalue weighted by Gasteiger charge is 2.40. The predicted molar refractivity (Wildman–Crippen MR) is 119 cm³/mol. The molecule has 8 heteroatoms. The van der Waals surface area contributed by atoms with Crippen LogP contribution < -0.4 is 0 Å². The van der Waals surface area contributed by atoms with Crippen molar-refractivity contribution < 1.29 is 19.1 Å². The zero-order valence-corrected chi connectivity index (χ0v) is 18.6. The molecule has 0 aliphatic heterocycles. The van der Waals surface area contributed by atoms with Crippen LogP contribution in [-0.4, -0.2) is 45.1 Å². The Morgan fingerprint density at radius 1 is 1.12 bits per heavy atom. The zero-order chi connectivity index (χ0) is 22.5. The molecule has 1 N–H and O–H groups in total. The number of ether oxygens (including phenoxy) is 2. The number of nitrogens with zero attached hydrogens (tertiary/aromatic N) is 3. The van der Waals surface area contributed by atoms with E-state index in [-0.39, 0.29) is 13.2 Å². The third kappa shape index (κ3) is 4.54. The van der Waals surface area contributed by atoms with Crippen LogP contribution in [0.5, 0.6) is 0 Å². The average molecular weight is 439 g/mol. The lowest BCUT2D eigenvalue weighted by molar-refractivity contribution is -0.162. The van der Waals surface area contributed by atoms with Crippen molar-refractivity contribution in [1.29, 1.82) is 0 Å². The van der Waals surface area contributed by atoms with Crippen LogP contribution in [0.1, 0.15) is 62.7 Å². The Morgan fingerprint density at radius 3 is 2.50 bits per heavy atom. The van der Waals surface area contributed by atoms with Gasteiger partial charge in [-0.15, -0.1) is 5.10 Å². The van der Waals surface area contributed by atoms with E-state index in [1.165, 1.54) is 12.8 Å². The number of aromatic amines is 1. The van der Waals surface area contributed by atoms with Gasteiger partial charge in [0.2, 0.25) is 0 Å². The molecule has 4 rings (SSSR count). The number of hydrogen-bond acceptors (Lipinski definition) is 6. The summed E-state index contributed by atoms with van der Waals surface area (Å²) in [4.78, 5) is 29.2. The number of para-hydroxylation sites is 1. The number of fused-ring (bicyclic) bond motifs is 1. The molecule has 1 atom stereocenters. The molecule has 0 spiro atoms. The number of H-pyrrole nitrogens is 1. The van der Waals surface area contributed by atoms with E-state index in [4.69, 9.17) is 9.47 Å². The van der Waals surface area contributed by atoms with E-state index >= 15 is 0 Å². The van der Waals surface area contributed by atoms with E-state index in [0.717, 1.165) is 35.0 Å². The van der Waals surface area contributed by atoms with Gasteiger partial charge in [0.05, 0.1) is 24.9 Å². The first-order chi connectivity index (χ1) is 15.6. The molecule has 0 bridgehead atoms. The maximum absolute atomic E-state index is 13.0. The van der Waals surface area contributed by atoms with Crippen molar-refractivity contribution in [2.75, 3.05) is 13.2 Å². The van der Waals surface area contributed by atoms with Crippen LogP contribution in [0.15, 0.2) is 36.7 Å². The molecule has 1 aliphatic carbocycles. The van der Waals surface area contributed by atoms with Gasteiger partial charge in [-0.25, -0.2) is 4.68 Å². The molecule has 32 heavy (non-hydrogen) atoms.